The van der Waals surface area contributed by atoms with Crippen molar-refractivity contribution in [2.45, 2.75) is 40.2 Å². The number of nitrogens with zero attached hydrogens (tertiary/aromatic N) is 6. The Hall–Kier alpha value is -2.77. The summed E-state index contributed by atoms with van der Waals surface area (Å²) in [6.07, 6.45) is 1.71. The first-order valence-corrected chi connectivity index (χ1v) is 7.89. The highest BCUT2D eigenvalue weighted by Gasteiger charge is 2.18. The van der Waals surface area contributed by atoms with Gasteiger partial charge in [0.15, 0.2) is 11.5 Å². The second kappa shape index (κ2) is 6.38. The van der Waals surface area contributed by atoms with Crippen molar-refractivity contribution >= 4 is 11.6 Å². The third-order valence-corrected chi connectivity index (χ3v) is 3.65. The molecule has 0 unspecified atom stereocenters. The maximum Gasteiger partial charge on any atom is 0.272 e. The van der Waals surface area contributed by atoms with Crippen molar-refractivity contribution in [1.82, 2.24) is 29.6 Å². The van der Waals surface area contributed by atoms with Gasteiger partial charge in [0.1, 0.15) is 12.2 Å². The van der Waals surface area contributed by atoms with Gasteiger partial charge in [-0.15, -0.1) is 0 Å². The molecule has 0 aliphatic heterocycles. The lowest BCUT2D eigenvalue weighted by Gasteiger charge is -2.14. The Morgan fingerprint density at radius 2 is 2.08 bits per heavy atom. The fourth-order valence-corrected chi connectivity index (χ4v) is 2.50. The third kappa shape index (κ3) is 3.12. The Morgan fingerprint density at radius 3 is 2.83 bits per heavy atom. The summed E-state index contributed by atoms with van der Waals surface area (Å²) in [5, 5.41) is 8.24. The zero-order valence-corrected chi connectivity index (χ0v) is 14.3. The van der Waals surface area contributed by atoms with Gasteiger partial charge in [0, 0.05) is 25.2 Å². The van der Waals surface area contributed by atoms with Crippen molar-refractivity contribution in [3.63, 3.8) is 0 Å². The lowest BCUT2D eigenvalue weighted by Crippen LogP contribution is -2.27. The average molecular weight is 328 g/mol. The molecule has 126 valence electrons. The van der Waals surface area contributed by atoms with E-state index in [-0.39, 0.29) is 12.5 Å². The van der Waals surface area contributed by atoms with Crippen LogP contribution in [0.4, 0.5) is 0 Å². The molecule has 0 fully saturated rings. The van der Waals surface area contributed by atoms with Gasteiger partial charge in [0.05, 0.1) is 5.69 Å². The number of rotatable bonds is 5. The number of aryl methyl sites for hydroxylation is 3. The van der Waals surface area contributed by atoms with Crippen molar-refractivity contribution in [3.05, 3.63) is 40.9 Å². The summed E-state index contributed by atoms with van der Waals surface area (Å²) in [5.41, 5.74) is 2.74. The van der Waals surface area contributed by atoms with Crippen LogP contribution in [0.15, 0.2) is 16.7 Å². The molecule has 8 heteroatoms. The first-order valence-electron chi connectivity index (χ1n) is 7.89. The Morgan fingerprint density at radius 1 is 1.29 bits per heavy atom. The highest BCUT2D eigenvalue weighted by Crippen LogP contribution is 2.12. The van der Waals surface area contributed by atoms with Crippen LogP contribution in [-0.2, 0) is 13.0 Å². The van der Waals surface area contributed by atoms with E-state index in [1.165, 1.54) is 4.90 Å². The van der Waals surface area contributed by atoms with Gasteiger partial charge in [0.2, 0.25) is 5.89 Å². The molecule has 0 radical (unpaired) electrons. The summed E-state index contributed by atoms with van der Waals surface area (Å²) in [6, 6.07) is 3.58. The van der Waals surface area contributed by atoms with Crippen LogP contribution in [0.1, 0.15) is 46.9 Å². The smallest absolute Gasteiger partial charge is 0.272 e. The molecular formula is C16H20N6O2. The molecule has 3 aromatic rings. The van der Waals surface area contributed by atoms with Gasteiger partial charge < -0.3 is 9.42 Å². The van der Waals surface area contributed by atoms with Crippen LogP contribution in [0.2, 0.25) is 0 Å². The summed E-state index contributed by atoms with van der Waals surface area (Å²) >= 11 is 0. The van der Waals surface area contributed by atoms with Crippen LogP contribution in [0.25, 0.3) is 5.65 Å². The molecule has 3 heterocycles. The lowest BCUT2D eigenvalue weighted by atomic mass is 10.3. The largest absolute Gasteiger partial charge is 0.337 e. The second-order valence-corrected chi connectivity index (χ2v) is 5.85. The minimum atomic E-state index is -0.199. The van der Waals surface area contributed by atoms with E-state index in [2.05, 4.69) is 20.2 Å². The van der Waals surface area contributed by atoms with Crippen molar-refractivity contribution in [3.8, 4) is 0 Å². The number of aromatic nitrogens is 5. The Kier molecular flexibility index (Phi) is 4.28. The van der Waals surface area contributed by atoms with E-state index in [0.717, 1.165) is 24.2 Å². The van der Waals surface area contributed by atoms with E-state index in [1.54, 1.807) is 17.6 Å². The minimum absolute atomic E-state index is 0.199. The average Bonchev–Trinajstić information content (AvgIpc) is 3.13. The van der Waals surface area contributed by atoms with E-state index in [4.69, 9.17) is 4.52 Å². The molecule has 8 nitrogen and oxygen atoms in total. The van der Waals surface area contributed by atoms with Gasteiger partial charge in [0.25, 0.3) is 5.91 Å². The summed E-state index contributed by atoms with van der Waals surface area (Å²) in [5.74, 6) is 0.889. The topological polar surface area (TPSA) is 89.4 Å². The molecule has 0 atom stereocenters. The number of fused-ring (bicyclic) bond motifs is 1. The molecule has 0 aliphatic rings. The fourth-order valence-electron chi connectivity index (χ4n) is 2.50. The molecule has 3 rings (SSSR count). The monoisotopic (exact) mass is 328 g/mol. The van der Waals surface area contributed by atoms with E-state index in [1.807, 2.05) is 26.8 Å². The van der Waals surface area contributed by atoms with Gasteiger partial charge in [-0.3, -0.25) is 4.79 Å². The Labute approximate surface area is 139 Å². The zero-order valence-electron chi connectivity index (χ0n) is 14.3. The molecule has 1 amide bonds. The number of amides is 1. The zero-order chi connectivity index (χ0) is 17.3. The van der Waals surface area contributed by atoms with Crippen LogP contribution in [0, 0.1) is 13.8 Å². The molecule has 0 saturated heterocycles. The summed E-state index contributed by atoms with van der Waals surface area (Å²) in [4.78, 5) is 22.8. The third-order valence-electron chi connectivity index (χ3n) is 3.65. The first kappa shape index (κ1) is 16.1. The molecule has 0 spiro atoms. The minimum Gasteiger partial charge on any atom is -0.337 e. The van der Waals surface area contributed by atoms with Crippen LogP contribution < -0.4 is 0 Å². The van der Waals surface area contributed by atoms with E-state index >= 15 is 0 Å². The molecule has 0 bridgehead atoms. The molecular weight excluding hydrogens is 308 g/mol. The summed E-state index contributed by atoms with van der Waals surface area (Å²) in [7, 11) is 1.69. The standard InChI is InChI=1S/C16H20N6O2/c1-5-6-13-18-15(24-20-13)9-21(4)16(23)12-8-11(3)22-14(17-12)7-10(2)19-22/h7-8H,5-6,9H2,1-4H3. The molecule has 3 aromatic heterocycles. The molecule has 0 saturated carbocycles. The van der Waals surface area contributed by atoms with Crippen molar-refractivity contribution in [1.29, 1.82) is 0 Å². The van der Waals surface area contributed by atoms with Crippen molar-refractivity contribution in [2.75, 3.05) is 7.05 Å². The molecule has 24 heavy (non-hydrogen) atoms. The predicted molar refractivity (Wildman–Crippen MR) is 86.6 cm³/mol. The van der Waals surface area contributed by atoms with Gasteiger partial charge in [-0.1, -0.05) is 12.1 Å². The molecule has 0 N–H and O–H groups in total. The molecule has 0 aliphatic carbocycles. The Bertz CT molecular complexity index is 882. The normalized spacial score (nSPS) is 11.2. The number of hydrogen-bond acceptors (Lipinski definition) is 6. The van der Waals surface area contributed by atoms with E-state index in [0.29, 0.717) is 23.1 Å². The predicted octanol–water partition coefficient (Wildman–Crippen LogP) is 1.95. The van der Waals surface area contributed by atoms with Crippen LogP contribution in [0.5, 0.6) is 0 Å². The first-order chi connectivity index (χ1) is 11.5. The SMILES string of the molecule is CCCc1noc(CN(C)C(=O)c2cc(C)n3nc(C)cc3n2)n1. The number of hydrogen-bond donors (Lipinski definition) is 0. The summed E-state index contributed by atoms with van der Waals surface area (Å²) in [6.45, 7) is 6.09. The van der Waals surface area contributed by atoms with Crippen LogP contribution in [-0.4, -0.2) is 42.6 Å². The highest BCUT2D eigenvalue weighted by molar-refractivity contribution is 5.92. The van der Waals surface area contributed by atoms with Crippen LogP contribution in [0.3, 0.4) is 0 Å². The van der Waals surface area contributed by atoms with Crippen LogP contribution >= 0.6 is 0 Å². The number of carbonyl (C=O) groups excluding carboxylic acids is 1. The fraction of sp³-hybridized carbons (Fsp3) is 0.438. The lowest BCUT2D eigenvalue weighted by molar-refractivity contribution is 0.0763. The van der Waals surface area contributed by atoms with Gasteiger partial charge in [-0.2, -0.15) is 10.1 Å². The van der Waals surface area contributed by atoms with Gasteiger partial charge >= 0.3 is 0 Å². The summed E-state index contributed by atoms with van der Waals surface area (Å²) < 4.78 is 6.91. The maximum absolute atomic E-state index is 12.6. The van der Waals surface area contributed by atoms with E-state index < -0.39 is 0 Å². The van der Waals surface area contributed by atoms with Crippen molar-refractivity contribution < 1.29 is 9.32 Å². The van der Waals surface area contributed by atoms with Crippen molar-refractivity contribution in [2.24, 2.45) is 0 Å². The molecule has 0 aromatic carbocycles. The maximum atomic E-state index is 12.6. The van der Waals surface area contributed by atoms with Gasteiger partial charge in [-0.25, -0.2) is 9.50 Å². The number of carbonyl (C=O) groups is 1. The van der Waals surface area contributed by atoms with E-state index in [9.17, 15) is 4.79 Å². The van der Waals surface area contributed by atoms with Gasteiger partial charge in [-0.05, 0) is 26.3 Å². The quantitative estimate of drug-likeness (QED) is 0.711. The highest BCUT2D eigenvalue weighted by atomic mass is 16.5. The second-order valence-electron chi connectivity index (χ2n) is 5.85. The Balaban J connectivity index is 1.79.